The lowest BCUT2D eigenvalue weighted by Gasteiger charge is -2.20. The Morgan fingerprint density at radius 3 is 2.39 bits per heavy atom. The van der Waals surface area contributed by atoms with Gasteiger partial charge in [-0.2, -0.15) is 0 Å². The monoisotopic (exact) mass is 337 g/mol. The molecule has 126 valence electrons. The van der Waals surface area contributed by atoms with Crippen LogP contribution in [0.1, 0.15) is 36.7 Å². The van der Waals surface area contributed by atoms with Crippen molar-refractivity contribution in [1.82, 2.24) is 4.57 Å². The SMILES string of the molecule is COc1cc(C)c2c(ccn2C(=O)OC(C)(C)C)c1C=O.CP. The standard InChI is InChI=1S/C16H19NO4.CH5P/c1-10-8-13(20-5)12(9-18)11-6-7-17(14(10)11)15(19)21-16(2,3)4;1-2/h6-9H,1-5H3;2H2,1H3. The number of aryl methyl sites for hydroxylation is 1. The van der Waals surface area contributed by atoms with Crippen molar-refractivity contribution in [1.29, 1.82) is 0 Å². The number of carbonyl (C=O) groups excluding carboxylic acids is 2. The summed E-state index contributed by atoms with van der Waals surface area (Å²) in [6.07, 6.45) is 1.88. The van der Waals surface area contributed by atoms with E-state index in [1.807, 2.05) is 34.4 Å². The zero-order valence-corrected chi connectivity index (χ0v) is 15.6. The summed E-state index contributed by atoms with van der Waals surface area (Å²) in [6, 6.07) is 3.46. The van der Waals surface area contributed by atoms with Gasteiger partial charge in [0.2, 0.25) is 0 Å². The van der Waals surface area contributed by atoms with E-state index in [1.54, 1.807) is 18.3 Å². The average Bonchev–Trinajstić information content (AvgIpc) is 2.93. The smallest absolute Gasteiger partial charge is 0.419 e. The van der Waals surface area contributed by atoms with Gasteiger partial charge >= 0.3 is 6.09 Å². The maximum atomic E-state index is 12.3. The van der Waals surface area contributed by atoms with Crippen LogP contribution in [0.4, 0.5) is 4.79 Å². The minimum Gasteiger partial charge on any atom is -0.496 e. The third-order valence-corrected chi connectivity index (χ3v) is 3.09. The summed E-state index contributed by atoms with van der Waals surface area (Å²) in [4.78, 5) is 23.6. The van der Waals surface area contributed by atoms with Crippen molar-refractivity contribution in [2.24, 2.45) is 0 Å². The maximum absolute atomic E-state index is 12.3. The van der Waals surface area contributed by atoms with Crippen LogP contribution in [0.5, 0.6) is 5.75 Å². The van der Waals surface area contributed by atoms with Crippen molar-refractivity contribution in [2.45, 2.75) is 33.3 Å². The van der Waals surface area contributed by atoms with E-state index < -0.39 is 11.7 Å². The highest BCUT2D eigenvalue weighted by Crippen LogP contribution is 2.31. The maximum Gasteiger partial charge on any atom is 0.419 e. The fourth-order valence-electron chi connectivity index (χ4n) is 2.28. The molecule has 2 aromatic rings. The van der Waals surface area contributed by atoms with Gasteiger partial charge in [0.25, 0.3) is 0 Å². The summed E-state index contributed by atoms with van der Waals surface area (Å²) in [7, 11) is 3.93. The molecule has 1 heterocycles. The van der Waals surface area contributed by atoms with E-state index >= 15 is 0 Å². The predicted octanol–water partition coefficient (Wildman–Crippen LogP) is 4.05. The van der Waals surface area contributed by atoms with E-state index in [2.05, 4.69) is 9.24 Å². The van der Waals surface area contributed by atoms with Crippen LogP contribution in [-0.2, 0) is 4.74 Å². The zero-order valence-electron chi connectivity index (χ0n) is 14.5. The lowest BCUT2D eigenvalue weighted by atomic mass is 10.1. The molecule has 0 saturated heterocycles. The van der Waals surface area contributed by atoms with Crippen LogP contribution in [0, 0.1) is 6.92 Å². The number of hydrogen-bond donors (Lipinski definition) is 0. The second-order valence-electron chi connectivity index (χ2n) is 5.86. The van der Waals surface area contributed by atoms with Crippen molar-refractivity contribution < 1.29 is 19.1 Å². The van der Waals surface area contributed by atoms with Crippen molar-refractivity contribution in [3.63, 3.8) is 0 Å². The first-order chi connectivity index (χ1) is 10.8. The Balaban J connectivity index is 0.00000127. The van der Waals surface area contributed by atoms with Crippen molar-refractivity contribution in [2.75, 3.05) is 13.8 Å². The number of aromatic nitrogens is 1. The summed E-state index contributed by atoms with van der Waals surface area (Å²) in [5.74, 6) is 0.497. The second kappa shape index (κ2) is 7.60. The molecule has 1 unspecified atom stereocenters. The molecule has 0 saturated carbocycles. The number of carbonyl (C=O) groups is 2. The Morgan fingerprint density at radius 1 is 1.30 bits per heavy atom. The van der Waals surface area contributed by atoms with Gasteiger partial charge in [0, 0.05) is 11.6 Å². The molecule has 5 nitrogen and oxygen atoms in total. The minimum absolute atomic E-state index is 0.431. The van der Waals surface area contributed by atoms with Crippen LogP contribution >= 0.6 is 9.24 Å². The summed E-state index contributed by atoms with van der Waals surface area (Å²) >= 11 is 0. The summed E-state index contributed by atoms with van der Waals surface area (Å²) in [6.45, 7) is 9.20. The molecular formula is C17H24NO4P. The van der Waals surface area contributed by atoms with Crippen molar-refractivity contribution >= 4 is 32.5 Å². The highest BCUT2D eigenvalue weighted by molar-refractivity contribution is 7.15. The lowest BCUT2D eigenvalue weighted by molar-refractivity contribution is 0.0544. The fraction of sp³-hybridized carbons (Fsp3) is 0.412. The predicted molar refractivity (Wildman–Crippen MR) is 95.9 cm³/mol. The van der Waals surface area contributed by atoms with E-state index in [0.29, 0.717) is 22.2 Å². The molecule has 0 amide bonds. The molecule has 1 aromatic carbocycles. The first-order valence-corrected chi connectivity index (χ1v) is 8.39. The zero-order chi connectivity index (χ0) is 17.8. The lowest BCUT2D eigenvalue weighted by Crippen LogP contribution is -2.26. The Bertz CT molecular complexity index is 713. The number of aldehydes is 1. The largest absolute Gasteiger partial charge is 0.496 e. The second-order valence-corrected chi connectivity index (χ2v) is 5.86. The molecule has 0 aliphatic rings. The van der Waals surface area contributed by atoms with E-state index in [-0.39, 0.29) is 0 Å². The Labute approximate surface area is 139 Å². The molecule has 0 aliphatic carbocycles. The molecule has 6 heteroatoms. The molecular weight excluding hydrogens is 313 g/mol. The Kier molecular flexibility index (Phi) is 6.34. The molecule has 0 radical (unpaired) electrons. The quantitative estimate of drug-likeness (QED) is 0.613. The summed E-state index contributed by atoms with van der Waals surface area (Å²) in [5.41, 5.74) is 1.34. The van der Waals surface area contributed by atoms with Crippen molar-refractivity contribution in [3.8, 4) is 5.75 Å². The molecule has 0 N–H and O–H groups in total. The van der Waals surface area contributed by atoms with Gasteiger partial charge in [0.15, 0.2) is 6.29 Å². The molecule has 0 aliphatic heterocycles. The van der Waals surface area contributed by atoms with Gasteiger partial charge in [-0.05, 0) is 45.4 Å². The highest BCUT2D eigenvalue weighted by Gasteiger charge is 2.21. The molecule has 0 fully saturated rings. The minimum atomic E-state index is -0.582. The molecule has 1 aromatic heterocycles. The van der Waals surface area contributed by atoms with Gasteiger partial charge in [-0.3, -0.25) is 9.36 Å². The van der Waals surface area contributed by atoms with E-state index in [9.17, 15) is 9.59 Å². The van der Waals surface area contributed by atoms with Crippen LogP contribution in [0.15, 0.2) is 18.3 Å². The van der Waals surface area contributed by atoms with Gasteiger partial charge in [0.1, 0.15) is 11.4 Å². The number of ether oxygens (including phenoxy) is 2. The number of rotatable bonds is 2. The van der Waals surface area contributed by atoms with Crippen molar-refractivity contribution in [3.05, 3.63) is 29.5 Å². The van der Waals surface area contributed by atoms with Crippen LogP contribution in [0.25, 0.3) is 10.9 Å². The Morgan fingerprint density at radius 2 is 1.91 bits per heavy atom. The molecule has 23 heavy (non-hydrogen) atoms. The molecule has 0 bridgehead atoms. The highest BCUT2D eigenvalue weighted by atomic mass is 31.0. The first kappa shape index (κ1) is 19.2. The van der Waals surface area contributed by atoms with Gasteiger partial charge in [-0.1, -0.05) is 6.66 Å². The van der Waals surface area contributed by atoms with Crippen LogP contribution in [0.3, 0.4) is 0 Å². The van der Waals surface area contributed by atoms with Crippen LogP contribution in [0.2, 0.25) is 0 Å². The molecule has 1 atom stereocenters. The summed E-state index contributed by atoms with van der Waals surface area (Å²) < 4.78 is 12.0. The number of fused-ring (bicyclic) bond motifs is 1. The normalized spacial score (nSPS) is 10.7. The van der Waals surface area contributed by atoms with Gasteiger partial charge in [-0.25, -0.2) is 4.79 Å². The van der Waals surface area contributed by atoms with E-state index in [0.717, 1.165) is 11.8 Å². The number of benzene rings is 1. The third-order valence-electron chi connectivity index (χ3n) is 3.09. The summed E-state index contributed by atoms with van der Waals surface area (Å²) in [5, 5.41) is 0.674. The van der Waals surface area contributed by atoms with Gasteiger partial charge < -0.3 is 9.47 Å². The molecule has 0 spiro atoms. The van der Waals surface area contributed by atoms with Gasteiger partial charge in [-0.15, -0.1) is 9.24 Å². The van der Waals surface area contributed by atoms with Crippen LogP contribution < -0.4 is 4.74 Å². The number of methoxy groups -OCH3 is 1. The number of hydrogen-bond acceptors (Lipinski definition) is 4. The first-order valence-electron chi connectivity index (χ1n) is 7.23. The molecule has 2 rings (SSSR count). The van der Waals surface area contributed by atoms with E-state index in [1.165, 1.54) is 11.7 Å². The third kappa shape index (κ3) is 4.11. The fourth-order valence-corrected chi connectivity index (χ4v) is 2.28. The topological polar surface area (TPSA) is 57.5 Å². The number of nitrogens with zero attached hydrogens (tertiary/aromatic N) is 1. The van der Waals surface area contributed by atoms with E-state index in [4.69, 9.17) is 9.47 Å². The average molecular weight is 337 g/mol. The van der Waals surface area contributed by atoms with Gasteiger partial charge in [0.05, 0.1) is 18.2 Å². The Hall–Kier alpha value is -1.87. The van der Waals surface area contributed by atoms with Crippen LogP contribution in [-0.4, -0.2) is 36.3 Å².